The van der Waals surface area contributed by atoms with Gasteiger partial charge in [0, 0.05) is 0 Å². The van der Waals surface area contributed by atoms with Crippen molar-refractivity contribution in [2.75, 3.05) is 6.61 Å². The van der Waals surface area contributed by atoms with Crippen LogP contribution < -0.4 is 5.32 Å². The number of halogens is 1. The Morgan fingerprint density at radius 2 is 2.05 bits per heavy atom. The summed E-state index contributed by atoms with van der Waals surface area (Å²) in [6.45, 7) is 4.69. The largest absolute Gasteiger partial charge is 0.464 e. The second-order valence-corrected chi connectivity index (χ2v) is 5.10. The third-order valence-corrected chi connectivity index (χ3v) is 2.93. The van der Waals surface area contributed by atoms with Gasteiger partial charge >= 0.3 is 11.7 Å². The van der Waals surface area contributed by atoms with Gasteiger partial charge in [-0.05, 0) is 32.9 Å². The fourth-order valence-corrected chi connectivity index (χ4v) is 1.84. The Hall–Kier alpha value is -2.15. The number of rotatable bonds is 5. The molecule has 114 valence electrons. The lowest BCUT2D eigenvalue weighted by Gasteiger charge is -2.23. The van der Waals surface area contributed by atoms with Gasteiger partial charge in [0.15, 0.2) is 0 Å². The lowest BCUT2D eigenvalue weighted by Crippen LogP contribution is -2.50. The van der Waals surface area contributed by atoms with Crippen LogP contribution in [-0.2, 0) is 9.53 Å². The quantitative estimate of drug-likeness (QED) is 0.511. The van der Waals surface area contributed by atoms with Crippen molar-refractivity contribution in [3.8, 4) is 0 Å². The van der Waals surface area contributed by atoms with E-state index in [2.05, 4.69) is 5.32 Å². The van der Waals surface area contributed by atoms with E-state index in [4.69, 9.17) is 16.3 Å². The topological polar surface area (TPSA) is 98.5 Å². The molecule has 1 aromatic rings. The zero-order valence-electron chi connectivity index (χ0n) is 11.8. The average molecular weight is 315 g/mol. The van der Waals surface area contributed by atoms with Crippen LogP contribution in [0.15, 0.2) is 18.2 Å². The molecule has 0 atom stereocenters. The van der Waals surface area contributed by atoms with Crippen molar-refractivity contribution in [2.45, 2.75) is 26.3 Å². The molecule has 1 amide bonds. The van der Waals surface area contributed by atoms with Crippen molar-refractivity contribution in [1.29, 1.82) is 0 Å². The van der Waals surface area contributed by atoms with Crippen LogP contribution in [0.5, 0.6) is 0 Å². The molecule has 21 heavy (non-hydrogen) atoms. The minimum atomic E-state index is -1.32. The van der Waals surface area contributed by atoms with Crippen LogP contribution >= 0.6 is 11.6 Å². The van der Waals surface area contributed by atoms with Gasteiger partial charge in [0.1, 0.15) is 16.1 Å². The van der Waals surface area contributed by atoms with Crippen LogP contribution in [0.2, 0.25) is 5.02 Å². The van der Waals surface area contributed by atoms with Gasteiger partial charge in [-0.1, -0.05) is 17.7 Å². The van der Waals surface area contributed by atoms with Crippen LogP contribution in [0, 0.1) is 10.1 Å². The molecular weight excluding hydrogens is 300 g/mol. The number of esters is 1. The summed E-state index contributed by atoms with van der Waals surface area (Å²) in [6, 6.07) is 4.00. The zero-order valence-corrected chi connectivity index (χ0v) is 12.6. The summed E-state index contributed by atoms with van der Waals surface area (Å²) in [7, 11) is 0. The van der Waals surface area contributed by atoms with E-state index >= 15 is 0 Å². The van der Waals surface area contributed by atoms with Gasteiger partial charge in [-0.25, -0.2) is 4.79 Å². The molecule has 0 fully saturated rings. The Balaban J connectivity index is 3.08. The normalized spacial score (nSPS) is 10.9. The van der Waals surface area contributed by atoms with Crippen LogP contribution in [0.3, 0.4) is 0 Å². The molecule has 1 aromatic carbocycles. The second kappa shape index (κ2) is 6.53. The number of carbonyl (C=O) groups excluding carboxylic acids is 2. The Labute approximate surface area is 126 Å². The van der Waals surface area contributed by atoms with Crippen LogP contribution in [0.25, 0.3) is 0 Å². The van der Waals surface area contributed by atoms with E-state index in [0.717, 1.165) is 0 Å². The molecule has 7 nitrogen and oxygen atoms in total. The number of benzene rings is 1. The van der Waals surface area contributed by atoms with Gasteiger partial charge < -0.3 is 10.1 Å². The molecule has 1 N–H and O–H groups in total. The number of carbonyl (C=O) groups is 2. The first kappa shape index (κ1) is 16.9. The summed E-state index contributed by atoms with van der Waals surface area (Å²) >= 11 is 5.74. The summed E-state index contributed by atoms with van der Waals surface area (Å²) in [5, 5.41) is 13.3. The first-order valence-corrected chi connectivity index (χ1v) is 6.51. The molecule has 0 spiro atoms. The third kappa shape index (κ3) is 3.91. The van der Waals surface area contributed by atoms with Crippen molar-refractivity contribution in [3.63, 3.8) is 0 Å². The summed E-state index contributed by atoms with van der Waals surface area (Å²) in [4.78, 5) is 34.1. The van der Waals surface area contributed by atoms with Crippen LogP contribution in [0.1, 0.15) is 31.1 Å². The third-order valence-electron chi connectivity index (χ3n) is 2.63. The van der Waals surface area contributed by atoms with E-state index in [1.807, 2.05) is 0 Å². The van der Waals surface area contributed by atoms with E-state index in [0.29, 0.717) is 0 Å². The van der Waals surface area contributed by atoms with E-state index in [1.165, 1.54) is 32.0 Å². The Morgan fingerprint density at radius 3 is 2.57 bits per heavy atom. The minimum absolute atomic E-state index is 0.151. The number of para-hydroxylation sites is 1. The summed E-state index contributed by atoms with van der Waals surface area (Å²) in [5.41, 5.74) is -2.04. The number of nitro groups is 1. The van der Waals surface area contributed by atoms with Crippen molar-refractivity contribution in [3.05, 3.63) is 38.9 Å². The highest BCUT2D eigenvalue weighted by Gasteiger charge is 2.33. The van der Waals surface area contributed by atoms with E-state index < -0.39 is 28.0 Å². The predicted molar refractivity (Wildman–Crippen MR) is 76.3 cm³/mol. The molecule has 1 rings (SSSR count). The maximum Gasteiger partial charge on any atom is 0.331 e. The smallest absolute Gasteiger partial charge is 0.331 e. The molecule has 0 unspecified atom stereocenters. The molecule has 0 saturated heterocycles. The Kier molecular flexibility index (Phi) is 5.26. The van der Waals surface area contributed by atoms with E-state index in [1.54, 1.807) is 6.92 Å². The molecule has 0 aliphatic carbocycles. The lowest BCUT2D eigenvalue weighted by atomic mass is 10.0. The fraction of sp³-hybridized carbons (Fsp3) is 0.385. The molecule has 0 aromatic heterocycles. The van der Waals surface area contributed by atoms with Gasteiger partial charge in [0.25, 0.3) is 5.91 Å². The lowest BCUT2D eigenvalue weighted by molar-refractivity contribution is -0.385. The van der Waals surface area contributed by atoms with E-state index in [9.17, 15) is 19.7 Å². The SMILES string of the molecule is CCOC(=O)C(C)(C)NC(=O)c1cccc(Cl)c1[N+](=O)[O-]. The number of amides is 1. The van der Waals surface area contributed by atoms with Crippen LogP contribution in [0.4, 0.5) is 5.69 Å². The minimum Gasteiger partial charge on any atom is -0.464 e. The van der Waals surface area contributed by atoms with Gasteiger partial charge in [0.05, 0.1) is 11.5 Å². The maximum absolute atomic E-state index is 12.2. The fourth-order valence-electron chi connectivity index (χ4n) is 1.60. The highest BCUT2D eigenvalue weighted by atomic mass is 35.5. The first-order valence-electron chi connectivity index (χ1n) is 6.13. The predicted octanol–water partition coefficient (Wildman–Crippen LogP) is 2.32. The highest BCUT2D eigenvalue weighted by molar-refractivity contribution is 6.33. The van der Waals surface area contributed by atoms with Gasteiger partial charge in [-0.3, -0.25) is 14.9 Å². The van der Waals surface area contributed by atoms with Crippen molar-refractivity contribution in [1.82, 2.24) is 5.32 Å². The number of hydrogen-bond acceptors (Lipinski definition) is 5. The molecule has 0 bridgehead atoms. The Morgan fingerprint density at radius 1 is 1.43 bits per heavy atom. The molecule has 0 aliphatic heterocycles. The number of ether oxygens (including phenoxy) is 1. The molecule has 8 heteroatoms. The monoisotopic (exact) mass is 314 g/mol. The standard InChI is InChI=1S/C13H15ClN2O5/c1-4-21-12(18)13(2,3)15-11(17)8-6-5-7-9(14)10(8)16(19)20/h5-7H,4H2,1-3H3,(H,15,17). The van der Waals surface area contributed by atoms with Crippen molar-refractivity contribution >= 4 is 29.2 Å². The van der Waals surface area contributed by atoms with Crippen LogP contribution in [-0.4, -0.2) is 28.9 Å². The highest BCUT2D eigenvalue weighted by Crippen LogP contribution is 2.28. The number of nitrogens with one attached hydrogen (secondary N) is 1. The summed E-state index contributed by atoms with van der Waals surface area (Å²) in [6.07, 6.45) is 0. The van der Waals surface area contributed by atoms with Crippen molar-refractivity contribution in [2.24, 2.45) is 0 Å². The summed E-state index contributed by atoms with van der Waals surface area (Å²) in [5.74, 6) is -1.41. The maximum atomic E-state index is 12.2. The molecular formula is C13H15ClN2O5. The Bertz CT molecular complexity index is 586. The van der Waals surface area contributed by atoms with E-state index in [-0.39, 0.29) is 17.2 Å². The van der Waals surface area contributed by atoms with Gasteiger partial charge in [-0.2, -0.15) is 0 Å². The summed E-state index contributed by atoms with van der Waals surface area (Å²) < 4.78 is 4.83. The van der Waals surface area contributed by atoms with Gasteiger partial charge in [0.2, 0.25) is 0 Å². The second-order valence-electron chi connectivity index (χ2n) is 4.69. The number of nitro benzene ring substituents is 1. The van der Waals surface area contributed by atoms with Gasteiger partial charge in [-0.15, -0.1) is 0 Å². The molecule has 0 saturated carbocycles. The number of nitrogens with zero attached hydrogens (tertiary/aromatic N) is 1. The molecule has 0 radical (unpaired) electrons. The zero-order chi connectivity index (χ0) is 16.2. The molecule has 0 heterocycles. The number of hydrogen-bond donors (Lipinski definition) is 1. The molecule has 0 aliphatic rings. The average Bonchev–Trinajstić information content (AvgIpc) is 2.37. The first-order chi connectivity index (χ1) is 9.70. The van der Waals surface area contributed by atoms with Crippen molar-refractivity contribution < 1.29 is 19.2 Å².